The molecule has 0 aliphatic carbocycles. The maximum absolute atomic E-state index is 13.0. The average molecular weight is 444 g/mol. The van der Waals surface area contributed by atoms with Crippen molar-refractivity contribution in [3.05, 3.63) is 72.2 Å². The van der Waals surface area contributed by atoms with Gasteiger partial charge in [0.05, 0.1) is 5.39 Å². The van der Waals surface area contributed by atoms with Gasteiger partial charge in [-0.05, 0) is 54.6 Å². The van der Waals surface area contributed by atoms with Crippen LogP contribution in [0.2, 0.25) is 0 Å². The highest BCUT2D eigenvalue weighted by atomic mass is 19.4. The fourth-order valence-electron chi connectivity index (χ4n) is 2.89. The largest absolute Gasteiger partial charge is 0.405 e. The first kappa shape index (κ1) is 21.1. The number of aromatic nitrogens is 3. The Morgan fingerprint density at radius 1 is 0.938 bits per heavy atom. The third kappa shape index (κ3) is 5.12. The van der Waals surface area contributed by atoms with Crippen LogP contribution in [0.3, 0.4) is 0 Å². The molecule has 0 fully saturated rings. The lowest BCUT2D eigenvalue weighted by molar-refractivity contribution is -0.115. The highest BCUT2D eigenvalue weighted by molar-refractivity contribution is 6.04. The number of hydrogen-bond acceptors (Lipinski definition) is 5. The van der Waals surface area contributed by atoms with Crippen molar-refractivity contribution in [2.24, 2.45) is 0 Å². The van der Waals surface area contributed by atoms with E-state index in [2.05, 4.69) is 30.9 Å². The number of nitrogens with zero attached hydrogens (tertiary/aromatic N) is 2. The molecule has 2 aromatic carbocycles. The molecule has 7 nitrogen and oxygen atoms in total. The van der Waals surface area contributed by atoms with E-state index in [1.807, 2.05) is 0 Å². The van der Waals surface area contributed by atoms with E-state index >= 15 is 0 Å². The molecule has 2 heterocycles. The molecule has 0 aliphatic heterocycles. The number of hydrogen-bond donors (Lipinski definition) is 4. The van der Waals surface area contributed by atoms with Gasteiger partial charge < -0.3 is 20.9 Å². The number of aromatic amines is 1. The van der Waals surface area contributed by atoms with Crippen molar-refractivity contribution in [1.29, 1.82) is 0 Å². The van der Waals surface area contributed by atoms with Crippen molar-refractivity contribution in [3.63, 3.8) is 0 Å². The summed E-state index contributed by atoms with van der Waals surface area (Å²) in [6.07, 6.45) is -2.85. The molecule has 2 aromatic heterocycles. The molecule has 4 N–H and O–H groups in total. The van der Waals surface area contributed by atoms with Crippen LogP contribution in [0, 0.1) is 5.82 Å². The topological polar surface area (TPSA) is 94.7 Å². The van der Waals surface area contributed by atoms with E-state index in [1.165, 1.54) is 24.3 Å². The van der Waals surface area contributed by atoms with Crippen molar-refractivity contribution in [2.75, 3.05) is 22.5 Å². The molecule has 0 aliphatic rings. The predicted molar refractivity (Wildman–Crippen MR) is 113 cm³/mol. The molecule has 0 bridgehead atoms. The number of carbonyl (C=O) groups is 1. The number of alkyl halides is 3. The lowest BCUT2D eigenvalue weighted by atomic mass is 10.2. The molecule has 4 aromatic rings. The number of nitrogens with one attached hydrogen (secondary N) is 4. The molecular formula is C21H16F4N6O. The fraction of sp³-hybridized carbons (Fsp3) is 0.0952. The van der Waals surface area contributed by atoms with Crippen LogP contribution in [0.25, 0.3) is 11.0 Å². The van der Waals surface area contributed by atoms with Gasteiger partial charge in [-0.25, -0.2) is 4.39 Å². The van der Waals surface area contributed by atoms with Gasteiger partial charge in [0.2, 0.25) is 5.95 Å². The maximum Gasteiger partial charge on any atom is 0.405 e. The van der Waals surface area contributed by atoms with Crippen LogP contribution in [0.15, 0.2) is 60.8 Å². The molecule has 0 radical (unpaired) electrons. The Bertz CT molecular complexity index is 1240. The second-order valence-corrected chi connectivity index (χ2v) is 6.77. The molecule has 4 rings (SSSR count). The SMILES string of the molecule is O=C(Nc1ccc(F)cc1)c1ccc(Nc2nc(NCC(F)(F)F)c3cc[nH]c3n2)cc1. The summed E-state index contributed by atoms with van der Waals surface area (Å²) < 4.78 is 50.8. The normalized spacial score (nSPS) is 11.4. The van der Waals surface area contributed by atoms with Crippen LogP contribution in [-0.4, -0.2) is 33.6 Å². The van der Waals surface area contributed by atoms with Gasteiger partial charge in [0.25, 0.3) is 5.91 Å². The number of H-pyrrole nitrogens is 1. The minimum absolute atomic E-state index is 0.0337. The zero-order valence-corrected chi connectivity index (χ0v) is 16.3. The van der Waals surface area contributed by atoms with Crippen LogP contribution >= 0.6 is 0 Å². The van der Waals surface area contributed by atoms with Crippen LogP contribution in [0.4, 0.5) is 40.7 Å². The minimum Gasteiger partial charge on any atom is -0.360 e. The van der Waals surface area contributed by atoms with Crippen molar-refractivity contribution in [1.82, 2.24) is 15.0 Å². The Morgan fingerprint density at radius 2 is 1.62 bits per heavy atom. The van der Waals surface area contributed by atoms with Gasteiger partial charge in [0.15, 0.2) is 0 Å². The molecule has 32 heavy (non-hydrogen) atoms. The summed E-state index contributed by atoms with van der Waals surface area (Å²) in [6, 6.07) is 13.3. The van der Waals surface area contributed by atoms with Crippen molar-refractivity contribution in [2.45, 2.75) is 6.18 Å². The van der Waals surface area contributed by atoms with Gasteiger partial charge in [-0.3, -0.25) is 4.79 Å². The second kappa shape index (κ2) is 8.53. The van der Waals surface area contributed by atoms with E-state index < -0.39 is 18.5 Å². The summed E-state index contributed by atoms with van der Waals surface area (Å²) >= 11 is 0. The molecule has 0 unspecified atom stereocenters. The monoisotopic (exact) mass is 444 g/mol. The summed E-state index contributed by atoms with van der Waals surface area (Å²) in [4.78, 5) is 23.5. The number of amides is 1. The Kier molecular flexibility index (Phi) is 5.63. The predicted octanol–water partition coefficient (Wildman–Crippen LogP) is 5.07. The zero-order valence-electron chi connectivity index (χ0n) is 16.3. The summed E-state index contributed by atoms with van der Waals surface area (Å²) in [7, 11) is 0. The van der Waals surface area contributed by atoms with E-state index in [0.717, 1.165) is 0 Å². The summed E-state index contributed by atoms with van der Waals surface area (Å²) in [6.45, 7) is -1.23. The first-order valence-electron chi connectivity index (χ1n) is 9.37. The quantitative estimate of drug-likeness (QED) is 0.312. The number of rotatable bonds is 6. The molecular weight excluding hydrogens is 428 g/mol. The third-order valence-electron chi connectivity index (χ3n) is 4.38. The molecule has 0 spiro atoms. The first-order valence-corrected chi connectivity index (χ1v) is 9.37. The molecule has 0 saturated carbocycles. The number of benzene rings is 2. The summed E-state index contributed by atoms with van der Waals surface area (Å²) in [5, 5.41) is 8.26. The van der Waals surface area contributed by atoms with Crippen molar-refractivity contribution >= 4 is 40.1 Å². The van der Waals surface area contributed by atoms with Gasteiger partial charge in [-0.15, -0.1) is 0 Å². The highest BCUT2D eigenvalue weighted by Gasteiger charge is 2.27. The van der Waals surface area contributed by atoms with Gasteiger partial charge in [0.1, 0.15) is 23.8 Å². The second-order valence-electron chi connectivity index (χ2n) is 6.77. The van der Waals surface area contributed by atoms with Crippen LogP contribution in [0.1, 0.15) is 10.4 Å². The van der Waals surface area contributed by atoms with Crippen molar-refractivity contribution in [3.8, 4) is 0 Å². The van der Waals surface area contributed by atoms with Crippen LogP contribution in [0.5, 0.6) is 0 Å². The van der Waals surface area contributed by atoms with Crippen LogP contribution < -0.4 is 16.0 Å². The number of anilines is 4. The van der Waals surface area contributed by atoms with Gasteiger partial charge in [-0.2, -0.15) is 23.1 Å². The molecule has 164 valence electrons. The standard InChI is InChI=1S/C21H16F4N6O/c22-13-3-7-14(8-4-13)28-19(32)12-1-5-15(6-2-12)29-20-30-17-16(9-10-26-17)18(31-20)27-11-21(23,24)25/h1-10H,11H2,(H,28,32)(H3,26,27,29,30,31). The van der Waals surface area contributed by atoms with E-state index in [1.54, 1.807) is 36.5 Å². The number of halogens is 4. The van der Waals surface area contributed by atoms with E-state index in [4.69, 9.17) is 0 Å². The van der Waals surface area contributed by atoms with Gasteiger partial charge in [-0.1, -0.05) is 0 Å². The Morgan fingerprint density at radius 3 is 2.31 bits per heavy atom. The number of carbonyl (C=O) groups excluding carboxylic acids is 1. The summed E-state index contributed by atoms with van der Waals surface area (Å²) in [5.41, 5.74) is 1.69. The molecule has 0 saturated heterocycles. The lowest BCUT2D eigenvalue weighted by Crippen LogP contribution is -2.22. The Balaban J connectivity index is 1.48. The van der Waals surface area contributed by atoms with E-state index in [-0.39, 0.29) is 17.7 Å². The Labute approximate surface area is 178 Å². The zero-order chi connectivity index (χ0) is 22.7. The Hall–Kier alpha value is -4.15. The van der Waals surface area contributed by atoms with Gasteiger partial charge in [0, 0.05) is 23.1 Å². The van der Waals surface area contributed by atoms with E-state index in [0.29, 0.717) is 28.0 Å². The van der Waals surface area contributed by atoms with Gasteiger partial charge >= 0.3 is 6.18 Å². The maximum atomic E-state index is 13.0. The van der Waals surface area contributed by atoms with Crippen LogP contribution in [-0.2, 0) is 0 Å². The number of fused-ring (bicyclic) bond motifs is 1. The molecule has 11 heteroatoms. The first-order chi connectivity index (χ1) is 15.3. The van der Waals surface area contributed by atoms with E-state index in [9.17, 15) is 22.4 Å². The smallest absolute Gasteiger partial charge is 0.360 e. The molecule has 1 amide bonds. The third-order valence-corrected chi connectivity index (χ3v) is 4.38. The average Bonchev–Trinajstić information content (AvgIpc) is 3.22. The van der Waals surface area contributed by atoms with Crippen molar-refractivity contribution < 1.29 is 22.4 Å². The summed E-state index contributed by atoms with van der Waals surface area (Å²) in [5.74, 6) is -0.680. The fourth-order valence-corrected chi connectivity index (χ4v) is 2.89. The highest BCUT2D eigenvalue weighted by Crippen LogP contribution is 2.25. The molecule has 0 atom stereocenters. The lowest BCUT2D eigenvalue weighted by Gasteiger charge is -2.12. The minimum atomic E-state index is -4.40.